The van der Waals surface area contributed by atoms with Crippen molar-refractivity contribution >= 4 is 17.5 Å². The zero-order valence-electron chi connectivity index (χ0n) is 21.0. The van der Waals surface area contributed by atoms with Crippen LogP contribution < -0.4 is 10.2 Å². The number of nitrogens with one attached hydrogen (secondary N) is 1. The number of hydrogen-bond donors (Lipinski definition) is 1. The zero-order chi connectivity index (χ0) is 26.5. The summed E-state index contributed by atoms with van der Waals surface area (Å²) in [5, 5.41) is 15.3. The van der Waals surface area contributed by atoms with Gasteiger partial charge in [0.1, 0.15) is 18.4 Å². The molecule has 5 rings (SSSR count). The van der Waals surface area contributed by atoms with Crippen molar-refractivity contribution in [1.82, 2.24) is 30.5 Å². The van der Waals surface area contributed by atoms with Gasteiger partial charge in [-0.25, -0.2) is 4.39 Å². The molecule has 0 aliphatic heterocycles. The van der Waals surface area contributed by atoms with Crippen LogP contribution >= 0.6 is 0 Å². The molecule has 1 saturated carbocycles. The normalized spacial score (nSPS) is 14.3. The number of pyridine rings is 1. The van der Waals surface area contributed by atoms with Crippen LogP contribution in [0.5, 0.6) is 0 Å². The molecule has 2 heterocycles. The van der Waals surface area contributed by atoms with Gasteiger partial charge in [0, 0.05) is 24.1 Å². The third-order valence-electron chi connectivity index (χ3n) is 6.62. The second-order valence-electron chi connectivity index (χ2n) is 9.40. The number of anilines is 1. The monoisotopic (exact) mass is 513 g/mol. The van der Waals surface area contributed by atoms with Gasteiger partial charge in [-0.1, -0.05) is 37.1 Å². The highest BCUT2D eigenvalue weighted by Crippen LogP contribution is 2.30. The van der Waals surface area contributed by atoms with Crippen LogP contribution in [0.1, 0.15) is 42.9 Å². The molecule has 0 saturated heterocycles. The maximum absolute atomic E-state index is 14.2. The Hall–Kier alpha value is -4.47. The lowest BCUT2D eigenvalue weighted by molar-refractivity contribution is -0.127. The summed E-state index contributed by atoms with van der Waals surface area (Å²) >= 11 is 0. The molecule has 0 spiro atoms. The lowest BCUT2D eigenvalue weighted by atomic mass is 10.0. The minimum absolute atomic E-state index is 0.0709. The Kier molecular flexibility index (Phi) is 7.48. The van der Waals surface area contributed by atoms with E-state index < -0.39 is 17.8 Å². The Bertz CT molecular complexity index is 1420. The molecular formula is C28H28FN7O2. The molecule has 2 aromatic carbocycles. The molecule has 10 heteroatoms. The van der Waals surface area contributed by atoms with Gasteiger partial charge in [0.25, 0.3) is 5.91 Å². The Morgan fingerprint density at radius 1 is 1.08 bits per heavy atom. The number of rotatable bonds is 8. The number of nitrogens with zero attached hydrogens (tertiary/aromatic N) is 6. The van der Waals surface area contributed by atoms with Crippen molar-refractivity contribution < 1.29 is 14.0 Å². The van der Waals surface area contributed by atoms with E-state index in [4.69, 9.17) is 0 Å². The van der Waals surface area contributed by atoms with E-state index in [1.165, 1.54) is 11.0 Å². The molecule has 1 N–H and O–H groups in total. The van der Waals surface area contributed by atoms with Gasteiger partial charge in [-0.15, -0.1) is 10.2 Å². The Balaban J connectivity index is 1.50. The topological polar surface area (TPSA) is 106 Å². The van der Waals surface area contributed by atoms with E-state index >= 15 is 0 Å². The van der Waals surface area contributed by atoms with E-state index in [0.717, 1.165) is 36.0 Å². The third-order valence-corrected chi connectivity index (χ3v) is 6.62. The van der Waals surface area contributed by atoms with Gasteiger partial charge >= 0.3 is 0 Å². The van der Waals surface area contributed by atoms with Crippen molar-refractivity contribution in [2.45, 2.75) is 51.2 Å². The van der Waals surface area contributed by atoms with Crippen LogP contribution in [-0.2, 0) is 16.1 Å². The van der Waals surface area contributed by atoms with Gasteiger partial charge in [-0.3, -0.25) is 19.5 Å². The number of benzene rings is 2. The van der Waals surface area contributed by atoms with E-state index in [9.17, 15) is 14.0 Å². The first kappa shape index (κ1) is 25.2. The molecule has 1 atom stereocenters. The van der Waals surface area contributed by atoms with E-state index in [0.29, 0.717) is 11.3 Å². The van der Waals surface area contributed by atoms with Crippen molar-refractivity contribution in [3.05, 3.63) is 90.0 Å². The Morgan fingerprint density at radius 3 is 2.58 bits per heavy atom. The van der Waals surface area contributed by atoms with Gasteiger partial charge < -0.3 is 5.32 Å². The van der Waals surface area contributed by atoms with E-state index in [1.54, 1.807) is 48.8 Å². The maximum atomic E-state index is 14.2. The first-order chi connectivity index (χ1) is 18.5. The number of carbonyl (C=O) groups is 2. The van der Waals surface area contributed by atoms with Crippen LogP contribution in [-0.4, -0.2) is 43.0 Å². The van der Waals surface area contributed by atoms with Crippen LogP contribution in [0.15, 0.2) is 73.1 Å². The minimum atomic E-state index is -0.942. The number of amides is 2. The molecule has 9 nitrogen and oxygen atoms in total. The van der Waals surface area contributed by atoms with Crippen molar-refractivity contribution in [1.29, 1.82) is 0 Å². The first-order valence-corrected chi connectivity index (χ1v) is 12.6. The molecule has 1 aliphatic carbocycles. The predicted molar refractivity (Wildman–Crippen MR) is 139 cm³/mol. The standard InChI is InChI=1S/C28H28FN7O2/c1-19-7-6-10-22(17-19)36(25(37)18-35-33-27(32-34-35)23-11-4-5-12-24(23)29)26(20-13-15-30-16-14-20)28(38)31-21-8-2-3-9-21/h4-7,10-17,21,26H,2-3,8-9,18H2,1H3,(H,31,38)/t26-/m0/s1. The van der Waals surface area contributed by atoms with Gasteiger partial charge in [0.2, 0.25) is 11.7 Å². The van der Waals surface area contributed by atoms with Gasteiger partial charge in [0.15, 0.2) is 0 Å². The van der Waals surface area contributed by atoms with Crippen LogP contribution in [0.2, 0.25) is 0 Å². The van der Waals surface area contributed by atoms with Crippen LogP contribution in [0, 0.1) is 12.7 Å². The predicted octanol–water partition coefficient (Wildman–Crippen LogP) is 4.02. The van der Waals surface area contributed by atoms with Gasteiger partial charge in [-0.2, -0.15) is 4.80 Å². The first-order valence-electron chi connectivity index (χ1n) is 12.6. The third kappa shape index (κ3) is 5.59. The summed E-state index contributed by atoms with van der Waals surface area (Å²) in [6, 6.07) is 16.1. The van der Waals surface area contributed by atoms with Crippen molar-refractivity contribution in [3.8, 4) is 11.4 Å². The highest BCUT2D eigenvalue weighted by Gasteiger charge is 2.34. The van der Waals surface area contributed by atoms with Gasteiger partial charge in [0.05, 0.1) is 5.56 Å². The van der Waals surface area contributed by atoms with Crippen molar-refractivity contribution in [2.24, 2.45) is 0 Å². The van der Waals surface area contributed by atoms with E-state index in [2.05, 4.69) is 25.7 Å². The quantitative estimate of drug-likeness (QED) is 0.382. The number of tetrazole rings is 1. The summed E-state index contributed by atoms with van der Waals surface area (Å²) in [6.07, 6.45) is 7.15. The fraction of sp³-hybridized carbons (Fsp3) is 0.286. The minimum Gasteiger partial charge on any atom is -0.351 e. The van der Waals surface area contributed by atoms with Crippen LogP contribution in [0.3, 0.4) is 0 Å². The molecule has 2 aromatic heterocycles. The van der Waals surface area contributed by atoms with Crippen molar-refractivity contribution in [3.63, 3.8) is 0 Å². The second kappa shape index (κ2) is 11.3. The van der Waals surface area contributed by atoms with Crippen LogP contribution in [0.25, 0.3) is 11.4 Å². The summed E-state index contributed by atoms with van der Waals surface area (Å²) in [7, 11) is 0. The molecule has 4 aromatic rings. The molecule has 2 amide bonds. The highest BCUT2D eigenvalue weighted by molar-refractivity contribution is 6.01. The summed E-state index contributed by atoms with van der Waals surface area (Å²) in [4.78, 5) is 34.4. The molecule has 194 valence electrons. The maximum Gasteiger partial charge on any atom is 0.251 e. The molecule has 1 fully saturated rings. The largest absolute Gasteiger partial charge is 0.351 e. The zero-order valence-corrected chi connectivity index (χ0v) is 21.0. The Labute approximate surface area is 219 Å². The summed E-state index contributed by atoms with van der Waals surface area (Å²) in [6.45, 7) is 1.62. The SMILES string of the molecule is Cc1cccc(N(C(=O)Cn2nnc(-c3ccccc3F)n2)[C@H](C(=O)NC2CCCC2)c2ccncc2)c1. The lowest BCUT2D eigenvalue weighted by Gasteiger charge is -2.32. The number of aromatic nitrogens is 5. The fourth-order valence-electron chi connectivity index (χ4n) is 4.79. The average molecular weight is 514 g/mol. The summed E-state index contributed by atoms with van der Waals surface area (Å²) < 4.78 is 14.2. The number of hydrogen-bond acceptors (Lipinski definition) is 6. The smallest absolute Gasteiger partial charge is 0.251 e. The van der Waals surface area contributed by atoms with E-state index in [1.807, 2.05) is 25.1 Å². The number of aryl methyl sites for hydroxylation is 1. The number of carbonyl (C=O) groups excluding carboxylic acids is 2. The molecule has 0 unspecified atom stereocenters. The van der Waals surface area contributed by atoms with Crippen LogP contribution in [0.4, 0.5) is 10.1 Å². The van der Waals surface area contributed by atoms with Crippen molar-refractivity contribution in [2.75, 3.05) is 4.90 Å². The fourth-order valence-corrected chi connectivity index (χ4v) is 4.79. The number of halogens is 1. The molecule has 38 heavy (non-hydrogen) atoms. The lowest BCUT2D eigenvalue weighted by Crippen LogP contribution is -2.47. The molecule has 1 aliphatic rings. The average Bonchev–Trinajstić information content (AvgIpc) is 3.60. The Morgan fingerprint density at radius 2 is 1.84 bits per heavy atom. The second-order valence-corrected chi connectivity index (χ2v) is 9.40. The highest BCUT2D eigenvalue weighted by atomic mass is 19.1. The molecule has 0 bridgehead atoms. The van der Waals surface area contributed by atoms with Gasteiger partial charge in [-0.05, 0) is 72.5 Å². The molecular weight excluding hydrogens is 485 g/mol. The summed E-state index contributed by atoms with van der Waals surface area (Å²) in [5.74, 6) is -1.10. The molecule has 0 radical (unpaired) electrons. The van der Waals surface area contributed by atoms with E-state index in [-0.39, 0.29) is 29.9 Å². The summed E-state index contributed by atoms with van der Waals surface area (Å²) in [5.41, 5.74) is 2.31.